The maximum absolute atomic E-state index is 12.5. The van der Waals surface area contributed by atoms with Gasteiger partial charge in [-0.1, -0.05) is 18.2 Å². The normalized spacial score (nSPS) is 15.4. The summed E-state index contributed by atoms with van der Waals surface area (Å²) in [6, 6.07) is 11.3. The van der Waals surface area contributed by atoms with Gasteiger partial charge < -0.3 is 19.7 Å². The molecule has 0 N–H and O–H groups in total. The van der Waals surface area contributed by atoms with Crippen molar-refractivity contribution >= 4 is 5.91 Å². The summed E-state index contributed by atoms with van der Waals surface area (Å²) in [5.41, 5.74) is 1.81. The highest BCUT2D eigenvalue weighted by molar-refractivity contribution is 5.93. The highest BCUT2D eigenvalue weighted by Gasteiger charge is 2.23. The third-order valence-corrected chi connectivity index (χ3v) is 5.52. The van der Waals surface area contributed by atoms with Gasteiger partial charge in [-0.2, -0.15) is 4.73 Å². The summed E-state index contributed by atoms with van der Waals surface area (Å²) in [6.45, 7) is 3.90. The van der Waals surface area contributed by atoms with Gasteiger partial charge in [0, 0.05) is 32.3 Å². The molecule has 1 aromatic carbocycles. The van der Waals surface area contributed by atoms with Gasteiger partial charge in [0.1, 0.15) is 5.75 Å². The zero-order chi connectivity index (χ0) is 19.9. The first-order valence-corrected chi connectivity index (χ1v) is 9.85. The molecule has 0 spiro atoms. The van der Waals surface area contributed by atoms with Crippen LogP contribution in [-0.4, -0.2) is 56.0 Å². The number of hydrogen-bond donors (Lipinski definition) is 0. The highest BCUT2D eigenvalue weighted by atomic mass is 16.5. The Morgan fingerprint density at radius 3 is 2.57 bits per heavy atom. The first kappa shape index (κ1) is 20.1. The number of pyridine rings is 1. The van der Waals surface area contributed by atoms with Gasteiger partial charge in [-0.05, 0) is 49.9 Å². The van der Waals surface area contributed by atoms with Crippen LogP contribution in [0.5, 0.6) is 5.75 Å². The Morgan fingerprint density at radius 1 is 1.21 bits per heavy atom. The SMILES string of the molecule is COc1ccccc1CCN1CCC(CN(C)C(=O)c2cc[n+]([O-])cc2)CC1. The second-order valence-corrected chi connectivity index (χ2v) is 7.48. The molecule has 1 amide bonds. The molecular weight excluding hydrogens is 354 g/mol. The molecule has 2 heterocycles. The number of amides is 1. The van der Waals surface area contributed by atoms with Crippen molar-refractivity contribution in [2.45, 2.75) is 19.3 Å². The lowest BCUT2D eigenvalue weighted by Gasteiger charge is -2.34. The molecule has 3 rings (SSSR count). The molecule has 1 aromatic heterocycles. The Bertz CT molecular complexity index is 771. The van der Waals surface area contributed by atoms with Crippen molar-refractivity contribution in [2.24, 2.45) is 5.92 Å². The molecule has 1 aliphatic heterocycles. The fourth-order valence-electron chi connectivity index (χ4n) is 3.83. The Balaban J connectivity index is 1.43. The number of likely N-dealkylation sites (tertiary alicyclic amines) is 1. The molecular formula is C22H29N3O3. The largest absolute Gasteiger partial charge is 0.619 e. The van der Waals surface area contributed by atoms with Crippen molar-refractivity contribution in [1.29, 1.82) is 0 Å². The average molecular weight is 383 g/mol. The van der Waals surface area contributed by atoms with Crippen LogP contribution in [0.2, 0.25) is 0 Å². The molecule has 1 fully saturated rings. The lowest BCUT2D eigenvalue weighted by molar-refractivity contribution is -0.605. The van der Waals surface area contributed by atoms with Gasteiger partial charge in [0.2, 0.25) is 0 Å². The summed E-state index contributed by atoms with van der Waals surface area (Å²) in [7, 11) is 3.56. The average Bonchev–Trinajstić information content (AvgIpc) is 2.73. The quantitative estimate of drug-likeness (QED) is 0.544. The van der Waals surface area contributed by atoms with Gasteiger partial charge in [-0.15, -0.1) is 0 Å². The molecule has 0 radical (unpaired) electrons. The lowest BCUT2D eigenvalue weighted by atomic mass is 9.95. The lowest BCUT2D eigenvalue weighted by Crippen LogP contribution is -2.40. The topological polar surface area (TPSA) is 59.7 Å². The standard InChI is InChI=1S/C22H29N3O3/c1-23(22(26)20-10-15-25(27)16-11-20)17-18-7-12-24(13-8-18)14-9-19-5-3-4-6-21(19)28-2/h3-6,10-11,15-16,18H,7-9,12-14,17H2,1-2H3. The summed E-state index contributed by atoms with van der Waals surface area (Å²) in [5.74, 6) is 1.45. The molecule has 0 atom stereocenters. The number of piperidine rings is 1. The van der Waals surface area contributed by atoms with E-state index in [4.69, 9.17) is 4.74 Å². The van der Waals surface area contributed by atoms with Crippen molar-refractivity contribution in [1.82, 2.24) is 9.80 Å². The summed E-state index contributed by atoms with van der Waals surface area (Å²) in [4.78, 5) is 16.8. The number of rotatable bonds is 7. The van der Waals surface area contributed by atoms with Gasteiger partial charge in [-0.25, -0.2) is 0 Å². The van der Waals surface area contributed by atoms with Crippen molar-refractivity contribution in [3.8, 4) is 5.75 Å². The Hall–Kier alpha value is -2.60. The zero-order valence-electron chi connectivity index (χ0n) is 16.7. The third kappa shape index (κ3) is 5.23. The Kier molecular flexibility index (Phi) is 6.87. The predicted molar refractivity (Wildman–Crippen MR) is 108 cm³/mol. The van der Waals surface area contributed by atoms with Crippen LogP contribution in [0, 0.1) is 11.1 Å². The van der Waals surface area contributed by atoms with Gasteiger partial charge in [0.05, 0.1) is 12.7 Å². The number of benzene rings is 1. The number of ether oxygens (including phenoxy) is 1. The minimum absolute atomic E-state index is 0.0285. The Morgan fingerprint density at radius 2 is 1.89 bits per heavy atom. The highest BCUT2D eigenvalue weighted by Crippen LogP contribution is 2.21. The number of nitrogens with zero attached hydrogens (tertiary/aromatic N) is 3. The van der Waals surface area contributed by atoms with Crippen LogP contribution in [0.25, 0.3) is 0 Å². The first-order chi connectivity index (χ1) is 13.6. The third-order valence-electron chi connectivity index (χ3n) is 5.52. The van der Waals surface area contributed by atoms with E-state index in [0.29, 0.717) is 16.2 Å². The molecule has 0 saturated carbocycles. The molecule has 1 aliphatic rings. The zero-order valence-corrected chi connectivity index (χ0v) is 16.7. The molecule has 2 aromatic rings. The van der Waals surface area contributed by atoms with Crippen LogP contribution in [0.3, 0.4) is 0 Å². The minimum Gasteiger partial charge on any atom is -0.619 e. The van der Waals surface area contributed by atoms with E-state index >= 15 is 0 Å². The fourth-order valence-corrected chi connectivity index (χ4v) is 3.83. The number of aromatic nitrogens is 1. The molecule has 1 saturated heterocycles. The molecule has 6 heteroatoms. The fraction of sp³-hybridized carbons (Fsp3) is 0.455. The first-order valence-electron chi connectivity index (χ1n) is 9.85. The van der Waals surface area contributed by atoms with E-state index in [-0.39, 0.29) is 5.91 Å². The van der Waals surface area contributed by atoms with Crippen molar-refractivity contribution in [3.05, 3.63) is 65.1 Å². The van der Waals surface area contributed by atoms with E-state index < -0.39 is 0 Å². The number of carbonyl (C=O) groups excluding carboxylic acids is 1. The number of methoxy groups -OCH3 is 1. The maximum Gasteiger partial charge on any atom is 0.254 e. The van der Waals surface area contributed by atoms with E-state index in [2.05, 4.69) is 17.0 Å². The van der Waals surface area contributed by atoms with E-state index in [1.807, 2.05) is 19.2 Å². The number of para-hydroxylation sites is 1. The summed E-state index contributed by atoms with van der Waals surface area (Å²) >= 11 is 0. The van der Waals surface area contributed by atoms with E-state index in [0.717, 1.165) is 51.2 Å². The van der Waals surface area contributed by atoms with Gasteiger partial charge >= 0.3 is 0 Å². The van der Waals surface area contributed by atoms with Crippen LogP contribution < -0.4 is 9.47 Å². The van der Waals surface area contributed by atoms with E-state index in [9.17, 15) is 10.0 Å². The molecule has 6 nitrogen and oxygen atoms in total. The van der Waals surface area contributed by atoms with Gasteiger partial charge in [0.15, 0.2) is 12.4 Å². The molecule has 150 valence electrons. The van der Waals surface area contributed by atoms with E-state index in [1.165, 1.54) is 18.0 Å². The smallest absolute Gasteiger partial charge is 0.254 e. The van der Waals surface area contributed by atoms with Crippen LogP contribution in [0.1, 0.15) is 28.8 Å². The molecule has 0 bridgehead atoms. The Labute approximate surface area is 166 Å². The second-order valence-electron chi connectivity index (χ2n) is 7.48. The summed E-state index contributed by atoms with van der Waals surface area (Å²) in [5, 5.41) is 11.1. The predicted octanol–water partition coefficient (Wildman–Crippen LogP) is 2.36. The van der Waals surface area contributed by atoms with Crippen molar-refractivity contribution < 1.29 is 14.3 Å². The van der Waals surface area contributed by atoms with Crippen LogP contribution in [0.15, 0.2) is 48.8 Å². The van der Waals surface area contributed by atoms with E-state index in [1.54, 1.807) is 24.1 Å². The van der Waals surface area contributed by atoms with Crippen LogP contribution >= 0.6 is 0 Å². The number of hydrogen-bond acceptors (Lipinski definition) is 4. The van der Waals surface area contributed by atoms with Crippen molar-refractivity contribution in [3.63, 3.8) is 0 Å². The van der Waals surface area contributed by atoms with Crippen LogP contribution in [0.4, 0.5) is 0 Å². The number of carbonyl (C=O) groups is 1. The monoisotopic (exact) mass is 383 g/mol. The molecule has 0 aliphatic carbocycles. The maximum atomic E-state index is 12.5. The molecule has 28 heavy (non-hydrogen) atoms. The van der Waals surface area contributed by atoms with Crippen LogP contribution in [-0.2, 0) is 6.42 Å². The minimum atomic E-state index is -0.0285. The van der Waals surface area contributed by atoms with Crippen molar-refractivity contribution in [2.75, 3.05) is 40.3 Å². The molecule has 0 unspecified atom stereocenters. The summed E-state index contributed by atoms with van der Waals surface area (Å²) in [6.07, 6.45) is 5.90. The second kappa shape index (κ2) is 9.55. The van der Waals surface area contributed by atoms with Gasteiger partial charge in [0.25, 0.3) is 5.91 Å². The van der Waals surface area contributed by atoms with Gasteiger partial charge in [-0.3, -0.25) is 4.79 Å². The summed E-state index contributed by atoms with van der Waals surface area (Å²) < 4.78 is 6.13.